The molecule has 16 heavy (non-hydrogen) atoms. The van der Waals surface area contributed by atoms with Gasteiger partial charge in [0.25, 0.3) is 0 Å². The van der Waals surface area contributed by atoms with Crippen molar-refractivity contribution in [3.8, 4) is 0 Å². The van der Waals surface area contributed by atoms with Crippen molar-refractivity contribution in [1.29, 1.82) is 0 Å². The molecule has 0 unspecified atom stereocenters. The predicted molar refractivity (Wildman–Crippen MR) is 60.2 cm³/mol. The van der Waals surface area contributed by atoms with Gasteiger partial charge in [0, 0.05) is 6.26 Å². The van der Waals surface area contributed by atoms with E-state index in [0.717, 1.165) is 6.26 Å². The number of hydrogen-bond acceptors (Lipinski definition) is 4. The van der Waals surface area contributed by atoms with Gasteiger partial charge < -0.3 is 4.74 Å². The number of nitrogens with one attached hydrogen (secondary N) is 1. The summed E-state index contributed by atoms with van der Waals surface area (Å²) in [6.45, 7) is 1.90. The second-order valence-corrected chi connectivity index (χ2v) is 5.10. The standard InChI is InChI=1S/C10H13NO4S/c1-3-15-10(12)11-8-6-4-5-7-9(8)16(2,13)14/h4-7H,3H2,1-2H3,(H,11,12). The minimum absolute atomic E-state index is 0.0723. The number of carbonyl (C=O) groups excluding carboxylic acids is 1. The van der Waals surface area contributed by atoms with E-state index in [2.05, 4.69) is 10.1 Å². The van der Waals surface area contributed by atoms with E-state index in [0.29, 0.717) is 0 Å². The molecule has 1 aromatic rings. The van der Waals surface area contributed by atoms with E-state index in [4.69, 9.17) is 0 Å². The highest BCUT2D eigenvalue weighted by atomic mass is 32.2. The molecule has 0 aliphatic carbocycles. The third-order valence-corrected chi connectivity index (χ3v) is 2.95. The largest absolute Gasteiger partial charge is 0.450 e. The van der Waals surface area contributed by atoms with Gasteiger partial charge in [-0.25, -0.2) is 13.2 Å². The zero-order valence-electron chi connectivity index (χ0n) is 9.06. The Morgan fingerprint density at radius 1 is 1.38 bits per heavy atom. The van der Waals surface area contributed by atoms with Crippen molar-refractivity contribution in [1.82, 2.24) is 0 Å². The van der Waals surface area contributed by atoms with Crippen LogP contribution in [0.15, 0.2) is 29.2 Å². The Hall–Kier alpha value is -1.56. The number of carbonyl (C=O) groups is 1. The Kier molecular flexibility index (Phi) is 3.89. The fraction of sp³-hybridized carbons (Fsp3) is 0.300. The maximum Gasteiger partial charge on any atom is 0.411 e. The molecule has 0 bridgehead atoms. The Bertz CT molecular complexity index is 481. The number of anilines is 1. The lowest BCUT2D eigenvalue weighted by atomic mass is 10.3. The summed E-state index contributed by atoms with van der Waals surface area (Å²) in [5.74, 6) is 0. The highest BCUT2D eigenvalue weighted by Gasteiger charge is 2.14. The highest BCUT2D eigenvalue weighted by Crippen LogP contribution is 2.20. The van der Waals surface area contributed by atoms with E-state index >= 15 is 0 Å². The maximum absolute atomic E-state index is 11.4. The minimum Gasteiger partial charge on any atom is -0.450 e. The lowest BCUT2D eigenvalue weighted by Crippen LogP contribution is -2.15. The molecule has 1 amide bonds. The van der Waals surface area contributed by atoms with Crippen molar-refractivity contribution in [2.24, 2.45) is 0 Å². The van der Waals surface area contributed by atoms with Crippen LogP contribution in [0, 0.1) is 0 Å². The number of amides is 1. The van der Waals surface area contributed by atoms with Crippen molar-refractivity contribution in [3.63, 3.8) is 0 Å². The lowest BCUT2D eigenvalue weighted by molar-refractivity contribution is 0.168. The molecule has 0 saturated carbocycles. The summed E-state index contributed by atoms with van der Waals surface area (Å²) in [5, 5.41) is 2.38. The molecule has 0 fully saturated rings. The van der Waals surface area contributed by atoms with Gasteiger partial charge in [0.2, 0.25) is 0 Å². The number of para-hydroxylation sites is 1. The highest BCUT2D eigenvalue weighted by molar-refractivity contribution is 7.90. The summed E-state index contributed by atoms with van der Waals surface area (Å²) in [7, 11) is -3.36. The van der Waals surface area contributed by atoms with Crippen LogP contribution in [0.25, 0.3) is 0 Å². The molecule has 5 nitrogen and oxygen atoms in total. The van der Waals surface area contributed by atoms with Gasteiger partial charge in [0.05, 0.1) is 17.2 Å². The molecule has 0 aliphatic heterocycles. The molecule has 0 aliphatic rings. The van der Waals surface area contributed by atoms with Gasteiger partial charge in [-0.2, -0.15) is 0 Å². The Morgan fingerprint density at radius 2 is 2.00 bits per heavy atom. The SMILES string of the molecule is CCOC(=O)Nc1ccccc1S(C)(=O)=O. The van der Waals surface area contributed by atoms with Gasteiger partial charge in [0.1, 0.15) is 0 Å². The smallest absolute Gasteiger partial charge is 0.411 e. The molecule has 0 aromatic heterocycles. The number of hydrogen-bond donors (Lipinski definition) is 1. The molecule has 0 saturated heterocycles. The molecule has 1 rings (SSSR count). The summed E-state index contributed by atoms with van der Waals surface area (Å²) in [6, 6.07) is 6.16. The van der Waals surface area contributed by atoms with Gasteiger partial charge in [-0.1, -0.05) is 12.1 Å². The Labute approximate surface area is 94.3 Å². The molecule has 0 radical (unpaired) electrons. The van der Waals surface area contributed by atoms with Gasteiger partial charge in [-0.15, -0.1) is 0 Å². The second-order valence-electron chi connectivity index (χ2n) is 3.11. The molecule has 1 N–H and O–H groups in total. The molecular weight excluding hydrogens is 230 g/mol. The van der Waals surface area contributed by atoms with E-state index in [1.807, 2.05) is 0 Å². The molecule has 6 heteroatoms. The third kappa shape index (κ3) is 3.23. The summed E-state index contributed by atoms with van der Waals surface area (Å²) in [4.78, 5) is 11.2. The van der Waals surface area contributed by atoms with Crippen LogP contribution in [-0.4, -0.2) is 27.4 Å². The van der Waals surface area contributed by atoms with Crippen LogP contribution in [0.1, 0.15) is 6.92 Å². The zero-order valence-corrected chi connectivity index (χ0v) is 9.87. The van der Waals surface area contributed by atoms with Crippen LogP contribution >= 0.6 is 0 Å². The van der Waals surface area contributed by atoms with Crippen molar-refractivity contribution in [2.45, 2.75) is 11.8 Å². The summed E-state index contributed by atoms with van der Waals surface area (Å²) < 4.78 is 27.5. The van der Waals surface area contributed by atoms with Crippen molar-refractivity contribution in [3.05, 3.63) is 24.3 Å². The number of rotatable bonds is 3. The van der Waals surface area contributed by atoms with E-state index < -0.39 is 15.9 Å². The predicted octanol–water partition coefficient (Wildman–Crippen LogP) is 1.66. The first-order valence-electron chi connectivity index (χ1n) is 4.68. The van der Waals surface area contributed by atoms with Crippen LogP contribution in [-0.2, 0) is 14.6 Å². The normalized spacial score (nSPS) is 10.9. The zero-order chi connectivity index (χ0) is 12.2. The van der Waals surface area contributed by atoms with Gasteiger partial charge in [-0.05, 0) is 19.1 Å². The van der Waals surface area contributed by atoms with Crippen molar-refractivity contribution >= 4 is 21.6 Å². The molecular formula is C10H13NO4S. The van der Waals surface area contributed by atoms with E-state index in [9.17, 15) is 13.2 Å². The fourth-order valence-electron chi connectivity index (χ4n) is 1.17. The molecule has 0 atom stereocenters. The first-order valence-corrected chi connectivity index (χ1v) is 6.57. The third-order valence-electron chi connectivity index (χ3n) is 1.80. The van der Waals surface area contributed by atoms with Crippen LogP contribution in [0.5, 0.6) is 0 Å². The first kappa shape index (κ1) is 12.5. The number of sulfone groups is 1. The van der Waals surface area contributed by atoms with Crippen LogP contribution < -0.4 is 5.32 Å². The quantitative estimate of drug-likeness (QED) is 0.876. The van der Waals surface area contributed by atoms with E-state index in [1.54, 1.807) is 19.1 Å². The maximum atomic E-state index is 11.4. The second kappa shape index (κ2) is 4.98. The number of benzene rings is 1. The Morgan fingerprint density at radius 3 is 2.56 bits per heavy atom. The average molecular weight is 243 g/mol. The lowest BCUT2D eigenvalue weighted by Gasteiger charge is -2.08. The molecule has 1 aromatic carbocycles. The molecule has 88 valence electrons. The van der Waals surface area contributed by atoms with Gasteiger partial charge >= 0.3 is 6.09 Å². The van der Waals surface area contributed by atoms with Gasteiger partial charge in [-0.3, -0.25) is 5.32 Å². The molecule has 0 heterocycles. The van der Waals surface area contributed by atoms with Gasteiger partial charge in [0.15, 0.2) is 9.84 Å². The minimum atomic E-state index is -3.36. The fourth-order valence-corrected chi connectivity index (χ4v) is 2.01. The summed E-state index contributed by atoms with van der Waals surface area (Å²) >= 11 is 0. The monoisotopic (exact) mass is 243 g/mol. The van der Waals surface area contributed by atoms with E-state index in [1.165, 1.54) is 12.1 Å². The first-order chi connectivity index (χ1) is 7.45. The van der Waals surface area contributed by atoms with Crippen molar-refractivity contribution in [2.75, 3.05) is 18.2 Å². The topological polar surface area (TPSA) is 72.5 Å². The van der Waals surface area contributed by atoms with E-state index in [-0.39, 0.29) is 17.2 Å². The summed E-state index contributed by atoms with van der Waals surface area (Å²) in [6.07, 6.45) is 0.414. The Balaban J connectivity index is 3.01. The van der Waals surface area contributed by atoms with Crippen LogP contribution in [0.2, 0.25) is 0 Å². The molecule has 0 spiro atoms. The van der Waals surface area contributed by atoms with Crippen LogP contribution in [0.3, 0.4) is 0 Å². The number of ether oxygens (including phenoxy) is 1. The van der Waals surface area contributed by atoms with Crippen LogP contribution in [0.4, 0.5) is 10.5 Å². The van der Waals surface area contributed by atoms with Crippen molar-refractivity contribution < 1.29 is 17.9 Å². The average Bonchev–Trinajstić information content (AvgIpc) is 2.17. The summed E-state index contributed by atoms with van der Waals surface area (Å²) in [5.41, 5.74) is 0.225.